The maximum atomic E-state index is 11.9. The van der Waals surface area contributed by atoms with E-state index in [1.54, 1.807) is 24.1 Å². The van der Waals surface area contributed by atoms with E-state index in [0.29, 0.717) is 0 Å². The van der Waals surface area contributed by atoms with Crippen LogP contribution in [0.3, 0.4) is 0 Å². The Morgan fingerprint density at radius 1 is 1.07 bits per heavy atom. The molecular weight excluding hydrogens is 444 g/mol. The molecule has 29 heavy (non-hydrogen) atoms. The van der Waals surface area contributed by atoms with Crippen molar-refractivity contribution in [3.8, 4) is 0 Å². The molecule has 0 atom stereocenters. The number of thioether (sulfide) groups is 2. The van der Waals surface area contributed by atoms with E-state index in [9.17, 15) is 4.79 Å². The highest BCUT2D eigenvalue weighted by Crippen LogP contribution is 2.30. The number of aromatic nitrogens is 2. The third kappa shape index (κ3) is 8.02. The quantitative estimate of drug-likeness (QED) is 0.263. The van der Waals surface area contributed by atoms with E-state index < -0.39 is 0 Å². The molecule has 0 unspecified atom stereocenters. The molecular formula is C20H17ClN4OS3. The number of allylic oxidation sites excluding steroid dienone is 1. The monoisotopic (exact) mass is 460 g/mol. The average molecular weight is 461 g/mol. The Morgan fingerprint density at radius 2 is 1.79 bits per heavy atom. The molecule has 3 aromatic rings. The molecule has 9 heteroatoms. The van der Waals surface area contributed by atoms with Gasteiger partial charge in [-0.1, -0.05) is 95.0 Å². The van der Waals surface area contributed by atoms with E-state index in [1.807, 2.05) is 60.7 Å². The molecule has 3 rings (SSSR count). The Bertz CT molecular complexity index is 975. The number of benzene rings is 2. The minimum atomic E-state index is -0.190. The second kappa shape index (κ2) is 11.8. The zero-order chi connectivity index (χ0) is 20.3. The van der Waals surface area contributed by atoms with Crippen LogP contribution in [0.1, 0.15) is 11.1 Å². The number of carbonyl (C=O) groups is 1. The van der Waals surface area contributed by atoms with Crippen molar-refractivity contribution in [1.29, 1.82) is 0 Å². The summed E-state index contributed by atoms with van der Waals surface area (Å²) >= 11 is 10.3. The summed E-state index contributed by atoms with van der Waals surface area (Å²) in [4.78, 5) is 11.9. The lowest BCUT2D eigenvalue weighted by atomic mass is 10.2. The summed E-state index contributed by atoms with van der Waals surface area (Å²) in [5, 5.41) is 12.9. The topological polar surface area (TPSA) is 67.2 Å². The summed E-state index contributed by atoms with van der Waals surface area (Å²) in [6.45, 7) is 0. The van der Waals surface area contributed by atoms with Gasteiger partial charge in [0.15, 0.2) is 8.68 Å². The number of hydrogen-bond acceptors (Lipinski definition) is 7. The van der Waals surface area contributed by atoms with Crippen LogP contribution in [0.4, 0.5) is 0 Å². The van der Waals surface area contributed by atoms with Crippen LogP contribution in [0.15, 0.2) is 74.5 Å². The van der Waals surface area contributed by atoms with E-state index in [2.05, 4.69) is 20.7 Å². The Labute approximate surface area is 186 Å². The molecule has 2 aromatic carbocycles. The van der Waals surface area contributed by atoms with Crippen molar-refractivity contribution < 1.29 is 4.79 Å². The predicted octanol–water partition coefficient (Wildman–Crippen LogP) is 5.39. The molecule has 0 aliphatic rings. The van der Waals surface area contributed by atoms with Crippen molar-refractivity contribution in [1.82, 2.24) is 15.6 Å². The largest absolute Gasteiger partial charge is 0.272 e. The number of nitrogens with zero attached hydrogens (tertiary/aromatic N) is 3. The van der Waals surface area contributed by atoms with E-state index in [0.717, 1.165) is 25.0 Å². The smallest absolute Gasteiger partial charge is 0.250 e. The fourth-order valence-corrected chi connectivity index (χ4v) is 4.96. The maximum Gasteiger partial charge on any atom is 0.250 e. The van der Waals surface area contributed by atoms with E-state index in [1.165, 1.54) is 28.7 Å². The number of carbonyl (C=O) groups excluding carboxylic acids is 1. The standard InChI is InChI=1S/C20H17ClN4OS3/c21-17-10-8-16(9-11-17)13-27-19-24-25-20(29-19)28-14-18(26)23-22-12-4-7-15-5-2-1-3-6-15/h1-12H,13-14H2,(H,23,26)/b7-4+,22-12+. The molecule has 0 bridgehead atoms. The highest BCUT2D eigenvalue weighted by Gasteiger charge is 2.08. The summed E-state index contributed by atoms with van der Waals surface area (Å²) in [5.74, 6) is 0.836. The molecule has 1 aromatic heterocycles. The van der Waals surface area contributed by atoms with Crippen molar-refractivity contribution >= 4 is 64.7 Å². The molecule has 1 heterocycles. The second-order valence-electron chi connectivity index (χ2n) is 5.62. The number of rotatable bonds is 9. The number of halogens is 1. The number of hydrogen-bond donors (Lipinski definition) is 1. The first-order valence-corrected chi connectivity index (χ1v) is 11.7. The molecule has 0 radical (unpaired) electrons. The highest BCUT2D eigenvalue weighted by atomic mass is 35.5. The fourth-order valence-electron chi connectivity index (χ4n) is 2.07. The van der Waals surface area contributed by atoms with Gasteiger partial charge in [-0.3, -0.25) is 4.79 Å². The lowest BCUT2D eigenvalue weighted by Crippen LogP contribution is -2.19. The second-order valence-corrected chi connectivity index (χ2v) is 9.48. The van der Waals surface area contributed by atoms with E-state index in [4.69, 9.17) is 11.6 Å². The first kappa shape index (κ1) is 21.6. The van der Waals surface area contributed by atoms with Gasteiger partial charge >= 0.3 is 0 Å². The maximum absolute atomic E-state index is 11.9. The molecule has 1 amide bonds. The van der Waals surface area contributed by atoms with Gasteiger partial charge in [-0.05, 0) is 29.3 Å². The zero-order valence-electron chi connectivity index (χ0n) is 15.2. The van der Waals surface area contributed by atoms with Gasteiger partial charge in [0.05, 0.1) is 5.75 Å². The van der Waals surface area contributed by atoms with Crippen LogP contribution in [0.5, 0.6) is 0 Å². The summed E-state index contributed by atoms with van der Waals surface area (Å²) < 4.78 is 1.62. The lowest BCUT2D eigenvalue weighted by molar-refractivity contribution is -0.118. The molecule has 1 N–H and O–H groups in total. The highest BCUT2D eigenvalue weighted by molar-refractivity contribution is 8.03. The molecule has 0 saturated heterocycles. The van der Waals surface area contributed by atoms with Crippen LogP contribution in [0, 0.1) is 0 Å². The third-order valence-corrected chi connectivity index (χ3v) is 6.94. The fraction of sp³-hybridized carbons (Fsp3) is 0.100. The Hall–Kier alpha value is -2.13. The summed E-state index contributed by atoms with van der Waals surface area (Å²) in [7, 11) is 0. The predicted molar refractivity (Wildman–Crippen MR) is 124 cm³/mol. The summed E-state index contributed by atoms with van der Waals surface area (Å²) in [6.07, 6.45) is 5.23. The van der Waals surface area contributed by atoms with Gasteiger partial charge in [-0.2, -0.15) is 5.10 Å². The van der Waals surface area contributed by atoms with Gasteiger partial charge in [0.1, 0.15) is 0 Å². The average Bonchev–Trinajstić information content (AvgIpc) is 3.20. The lowest BCUT2D eigenvalue weighted by Gasteiger charge is -1.98. The molecule has 0 spiro atoms. The molecule has 0 aliphatic heterocycles. The number of hydrazone groups is 1. The molecule has 0 fully saturated rings. The van der Waals surface area contributed by atoms with Gasteiger partial charge in [-0.15, -0.1) is 10.2 Å². The van der Waals surface area contributed by atoms with Gasteiger partial charge in [0, 0.05) is 17.0 Å². The van der Waals surface area contributed by atoms with Crippen molar-refractivity contribution in [2.24, 2.45) is 5.10 Å². The zero-order valence-corrected chi connectivity index (χ0v) is 18.4. The summed E-state index contributed by atoms with van der Waals surface area (Å²) in [6, 6.07) is 17.6. The molecule has 5 nitrogen and oxygen atoms in total. The molecule has 0 aliphatic carbocycles. The minimum Gasteiger partial charge on any atom is -0.272 e. The van der Waals surface area contributed by atoms with E-state index >= 15 is 0 Å². The summed E-state index contributed by atoms with van der Waals surface area (Å²) in [5.41, 5.74) is 4.74. The van der Waals surface area contributed by atoms with Crippen molar-refractivity contribution in [2.75, 3.05) is 5.75 Å². The van der Waals surface area contributed by atoms with Crippen LogP contribution >= 0.6 is 46.5 Å². The van der Waals surface area contributed by atoms with Crippen molar-refractivity contribution in [3.63, 3.8) is 0 Å². The SMILES string of the molecule is O=C(CSc1nnc(SCc2ccc(Cl)cc2)s1)N/N=C/C=C/c1ccccc1. The van der Waals surface area contributed by atoms with Crippen molar-refractivity contribution in [3.05, 3.63) is 76.8 Å². The van der Waals surface area contributed by atoms with Gasteiger partial charge in [-0.25, -0.2) is 5.43 Å². The first-order chi connectivity index (χ1) is 14.2. The molecule has 0 saturated carbocycles. The van der Waals surface area contributed by atoms with Gasteiger partial charge in [0.2, 0.25) is 0 Å². The number of nitrogens with one attached hydrogen (secondary N) is 1. The normalized spacial score (nSPS) is 11.3. The van der Waals surface area contributed by atoms with Crippen LogP contribution in [0.2, 0.25) is 5.02 Å². The Kier molecular flexibility index (Phi) is 8.76. The Morgan fingerprint density at radius 3 is 2.55 bits per heavy atom. The van der Waals surface area contributed by atoms with Gasteiger partial charge < -0.3 is 0 Å². The van der Waals surface area contributed by atoms with Crippen LogP contribution in [-0.2, 0) is 10.5 Å². The third-order valence-electron chi connectivity index (χ3n) is 3.43. The van der Waals surface area contributed by atoms with Crippen LogP contribution in [-0.4, -0.2) is 28.1 Å². The van der Waals surface area contributed by atoms with Gasteiger partial charge in [0.25, 0.3) is 5.91 Å². The number of amides is 1. The van der Waals surface area contributed by atoms with Crippen molar-refractivity contribution in [2.45, 2.75) is 14.4 Å². The van der Waals surface area contributed by atoms with Crippen LogP contribution in [0.25, 0.3) is 6.08 Å². The molecule has 148 valence electrons. The Balaban J connectivity index is 1.36. The minimum absolute atomic E-state index is 0.190. The first-order valence-electron chi connectivity index (χ1n) is 8.56. The van der Waals surface area contributed by atoms with E-state index in [-0.39, 0.29) is 11.7 Å². The van der Waals surface area contributed by atoms with Crippen LogP contribution < -0.4 is 5.43 Å².